The molecule has 0 saturated heterocycles. The van der Waals surface area contributed by atoms with Gasteiger partial charge in [0.25, 0.3) is 0 Å². The lowest BCUT2D eigenvalue weighted by Crippen LogP contribution is -2.26. The fourth-order valence-corrected chi connectivity index (χ4v) is 3.21. The van der Waals surface area contributed by atoms with Crippen LogP contribution in [-0.4, -0.2) is 29.7 Å². The van der Waals surface area contributed by atoms with E-state index in [1.807, 2.05) is 12.3 Å². The summed E-state index contributed by atoms with van der Waals surface area (Å²) in [4.78, 5) is 8.17. The largest absolute Gasteiger partial charge is 0.384 e. The van der Waals surface area contributed by atoms with Crippen LogP contribution in [0.1, 0.15) is 10.7 Å². The Bertz CT molecular complexity index is 664. The summed E-state index contributed by atoms with van der Waals surface area (Å²) in [5, 5.41) is 2.76. The fourth-order valence-electron chi connectivity index (χ4n) is 1.52. The van der Waals surface area contributed by atoms with Gasteiger partial charge in [0.1, 0.15) is 10.7 Å². The van der Waals surface area contributed by atoms with Crippen LogP contribution >= 0.6 is 11.3 Å². The minimum Gasteiger partial charge on any atom is -0.384 e. The summed E-state index contributed by atoms with van der Waals surface area (Å²) in [5.74, 6) is 0.289. The molecule has 6 nitrogen and oxygen atoms in total. The SMILES string of the molecule is Cc1nc(CN(C)S(=O)(=O)c2ccc(N)nc2)cs1. The summed E-state index contributed by atoms with van der Waals surface area (Å²) in [6, 6.07) is 2.91. The van der Waals surface area contributed by atoms with Crippen LogP contribution in [0.4, 0.5) is 5.82 Å². The van der Waals surface area contributed by atoms with Gasteiger partial charge in [-0.15, -0.1) is 11.3 Å². The van der Waals surface area contributed by atoms with Crippen LogP contribution in [0.3, 0.4) is 0 Å². The lowest BCUT2D eigenvalue weighted by Gasteiger charge is -2.15. The van der Waals surface area contributed by atoms with Gasteiger partial charge >= 0.3 is 0 Å². The third-order valence-electron chi connectivity index (χ3n) is 2.52. The average Bonchev–Trinajstić information content (AvgIpc) is 2.75. The van der Waals surface area contributed by atoms with E-state index in [1.165, 1.54) is 41.0 Å². The highest BCUT2D eigenvalue weighted by Gasteiger charge is 2.21. The van der Waals surface area contributed by atoms with Gasteiger partial charge in [-0.3, -0.25) is 0 Å². The number of sulfonamides is 1. The molecule has 0 fully saturated rings. The zero-order chi connectivity index (χ0) is 14.0. The lowest BCUT2D eigenvalue weighted by atomic mass is 10.5. The number of nitrogens with zero attached hydrogens (tertiary/aromatic N) is 3. The molecular weight excluding hydrogens is 284 g/mol. The van der Waals surface area contributed by atoms with E-state index < -0.39 is 10.0 Å². The highest BCUT2D eigenvalue weighted by molar-refractivity contribution is 7.89. The van der Waals surface area contributed by atoms with Crippen LogP contribution in [-0.2, 0) is 16.6 Å². The second-order valence-corrected chi connectivity index (χ2v) is 7.14. The van der Waals surface area contributed by atoms with E-state index in [0.29, 0.717) is 0 Å². The molecule has 0 aliphatic heterocycles. The highest BCUT2D eigenvalue weighted by atomic mass is 32.2. The highest BCUT2D eigenvalue weighted by Crippen LogP contribution is 2.17. The number of rotatable bonds is 4. The number of thiazole rings is 1. The number of nitrogen functional groups attached to an aromatic ring is 1. The van der Waals surface area contributed by atoms with E-state index in [9.17, 15) is 8.42 Å². The van der Waals surface area contributed by atoms with Crippen molar-refractivity contribution in [3.8, 4) is 0 Å². The Morgan fingerprint density at radius 1 is 1.42 bits per heavy atom. The molecule has 0 aliphatic rings. The fraction of sp³-hybridized carbons (Fsp3) is 0.273. The van der Waals surface area contributed by atoms with E-state index in [2.05, 4.69) is 9.97 Å². The number of aryl methyl sites for hydroxylation is 1. The van der Waals surface area contributed by atoms with Crippen LogP contribution < -0.4 is 5.73 Å². The molecule has 8 heteroatoms. The van der Waals surface area contributed by atoms with Crippen LogP contribution in [0.25, 0.3) is 0 Å². The molecule has 0 saturated carbocycles. The summed E-state index contributed by atoms with van der Waals surface area (Å²) in [5.41, 5.74) is 6.18. The van der Waals surface area contributed by atoms with Gasteiger partial charge in [0.05, 0.1) is 17.2 Å². The average molecular weight is 298 g/mol. The van der Waals surface area contributed by atoms with Crippen LogP contribution in [0.2, 0.25) is 0 Å². The molecular formula is C11H14N4O2S2. The normalized spacial score (nSPS) is 11.9. The molecule has 0 spiro atoms. The molecule has 2 heterocycles. The first-order valence-electron chi connectivity index (χ1n) is 5.48. The van der Waals surface area contributed by atoms with Crippen LogP contribution in [0.15, 0.2) is 28.6 Å². The third-order valence-corrected chi connectivity index (χ3v) is 5.13. The zero-order valence-electron chi connectivity index (χ0n) is 10.6. The van der Waals surface area contributed by atoms with E-state index in [-0.39, 0.29) is 17.3 Å². The predicted octanol–water partition coefficient (Wildman–Crippen LogP) is 1.25. The quantitative estimate of drug-likeness (QED) is 0.917. The Labute approximate surface area is 116 Å². The molecule has 0 atom stereocenters. The molecule has 2 N–H and O–H groups in total. The summed E-state index contributed by atoms with van der Waals surface area (Å²) >= 11 is 1.49. The van der Waals surface area contributed by atoms with Crippen molar-refractivity contribution in [3.63, 3.8) is 0 Å². The molecule has 0 unspecified atom stereocenters. The van der Waals surface area contributed by atoms with Crippen LogP contribution in [0.5, 0.6) is 0 Å². The van der Waals surface area contributed by atoms with Crippen molar-refractivity contribution in [2.24, 2.45) is 0 Å². The smallest absolute Gasteiger partial charge is 0.244 e. The van der Waals surface area contributed by atoms with Crippen molar-refractivity contribution < 1.29 is 8.42 Å². The first-order valence-corrected chi connectivity index (χ1v) is 7.80. The molecule has 2 aromatic heterocycles. The first-order chi connectivity index (χ1) is 8.89. The molecule has 2 aromatic rings. The number of nitrogens with two attached hydrogens (primary N) is 1. The Hall–Kier alpha value is -1.51. The molecule has 0 bridgehead atoms. The summed E-state index contributed by atoms with van der Waals surface area (Å²) < 4.78 is 25.8. The maximum absolute atomic E-state index is 12.3. The van der Waals surface area contributed by atoms with E-state index in [4.69, 9.17) is 5.73 Å². The second-order valence-electron chi connectivity index (χ2n) is 4.04. The van der Waals surface area contributed by atoms with E-state index in [1.54, 1.807) is 0 Å². The lowest BCUT2D eigenvalue weighted by molar-refractivity contribution is 0.462. The van der Waals surface area contributed by atoms with Crippen molar-refractivity contribution in [1.82, 2.24) is 14.3 Å². The number of hydrogen-bond acceptors (Lipinski definition) is 6. The Balaban J connectivity index is 2.21. The van der Waals surface area contributed by atoms with Crippen LogP contribution in [0, 0.1) is 6.92 Å². The minimum absolute atomic E-state index is 0.121. The van der Waals surface area contributed by atoms with Crippen molar-refractivity contribution in [1.29, 1.82) is 0 Å². The molecule has 102 valence electrons. The number of anilines is 1. The standard InChI is InChI=1S/C11H14N4O2S2/c1-8-14-9(7-18-8)6-15(2)19(16,17)10-3-4-11(12)13-5-10/h3-5,7H,6H2,1-2H3,(H2,12,13). The zero-order valence-corrected chi connectivity index (χ0v) is 12.2. The van der Waals surface area contributed by atoms with Gasteiger partial charge in [-0.1, -0.05) is 0 Å². The van der Waals surface area contributed by atoms with Gasteiger partial charge in [-0.25, -0.2) is 18.4 Å². The minimum atomic E-state index is -3.56. The summed E-state index contributed by atoms with van der Waals surface area (Å²) in [6.45, 7) is 2.11. The third kappa shape index (κ3) is 3.09. The summed E-state index contributed by atoms with van der Waals surface area (Å²) in [6.07, 6.45) is 1.26. The van der Waals surface area contributed by atoms with E-state index >= 15 is 0 Å². The maximum atomic E-state index is 12.3. The van der Waals surface area contributed by atoms with Crippen molar-refractivity contribution in [2.45, 2.75) is 18.4 Å². The second kappa shape index (κ2) is 5.24. The van der Waals surface area contributed by atoms with E-state index in [0.717, 1.165) is 10.7 Å². The van der Waals surface area contributed by atoms with Gasteiger partial charge in [-0.05, 0) is 19.1 Å². The molecule has 0 aliphatic carbocycles. The summed E-state index contributed by atoms with van der Waals surface area (Å²) in [7, 11) is -2.05. The van der Waals surface area contributed by atoms with Gasteiger partial charge in [0.15, 0.2) is 0 Å². The molecule has 19 heavy (non-hydrogen) atoms. The van der Waals surface area contributed by atoms with Gasteiger partial charge in [0.2, 0.25) is 10.0 Å². The Morgan fingerprint density at radius 3 is 2.68 bits per heavy atom. The number of hydrogen-bond donors (Lipinski definition) is 1. The van der Waals surface area contributed by atoms with Gasteiger partial charge in [0, 0.05) is 18.6 Å². The van der Waals surface area contributed by atoms with Gasteiger partial charge in [-0.2, -0.15) is 4.31 Å². The molecule has 0 amide bonds. The first kappa shape index (κ1) is 13.9. The monoisotopic (exact) mass is 298 g/mol. The number of pyridine rings is 1. The topological polar surface area (TPSA) is 89.2 Å². The number of aromatic nitrogens is 2. The maximum Gasteiger partial charge on any atom is 0.244 e. The Morgan fingerprint density at radius 2 is 2.16 bits per heavy atom. The molecule has 2 rings (SSSR count). The predicted molar refractivity (Wildman–Crippen MR) is 74.2 cm³/mol. The van der Waals surface area contributed by atoms with Crippen molar-refractivity contribution in [3.05, 3.63) is 34.4 Å². The van der Waals surface area contributed by atoms with Crippen molar-refractivity contribution in [2.75, 3.05) is 12.8 Å². The Kier molecular flexibility index (Phi) is 3.83. The van der Waals surface area contributed by atoms with Crippen molar-refractivity contribution >= 4 is 27.2 Å². The molecule has 0 aromatic carbocycles. The van der Waals surface area contributed by atoms with Gasteiger partial charge < -0.3 is 5.73 Å². The molecule has 0 radical (unpaired) electrons.